The summed E-state index contributed by atoms with van der Waals surface area (Å²) in [7, 11) is 0. The molecule has 0 bridgehead atoms. The molecule has 0 atom stereocenters. The maximum atomic E-state index is 12.5. The van der Waals surface area contributed by atoms with Crippen molar-refractivity contribution in [1.82, 2.24) is 9.78 Å². The van der Waals surface area contributed by atoms with Crippen molar-refractivity contribution in [3.63, 3.8) is 0 Å². The smallest absolute Gasteiger partial charge is 0.293 e. The number of rotatable bonds is 4. The largest absolute Gasteiger partial charge is 0.299 e. The maximum Gasteiger partial charge on any atom is 0.299 e. The van der Waals surface area contributed by atoms with Crippen molar-refractivity contribution in [1.29, 1.82) is 0 Å². The molecule has 0 radical (unpaired) electrons. The van der Waals surface area contributed by atoms with Crippen molar-refractivity contribution in [2.75, 3.05) is 0 Å². The molecule has 0 fully saturated rings. The molecule has 0 aliphatic rings. The fraction of sp³-hybridized carbons (Fsp3) is 0.0625. The average Bonchev–Trinajstić information content (AvgIpc) is 2.89. The van der Waals surface area contributed by atoms with Crippen LogP contribution >= 0.6 is 15.9 Å². The normalized spacial score (nSPS) is 11.1. The van der Waals surface area contributed by atoms with E-state index in [0.717, 1.165) is 4.47 Å². The predicted molar refractivity (Wildman–Crippen MR) is 96.1 cm³/mol. The van der Waals surface area contributed by atoms with Gasteiger partial charge < -0.3 is 0 Å². The van der Waals surface area contributed by atoms with E-state index in [-0.39, 0.29) is 16.9 Å². The molecule has 2 aromatic carbocycles. The first-order chi connectivity index (χ1) is 12.0. The van der Waals surface area contributed by atoms with E-state index in [1.807, 2.05) is 18.2 Å². The van der Waals surface area contributed by atoms with Crippen LogP contribution in [0.2, 0.25) is 0 Å². The first kappa shape index (κ1) is 16.8. The van der Waals surface area contributed by atoms with Crippen molar-refractivity contribution in [2.45, 2.75) is 6.92 Å². The van der Waals surface area contributed by atoms with Gasteiger partial charge in [-0.3, -0.25) is 20.0 Å². The third-order valence-corrected chi connectivity index (χ3v) is 4.14. The summed E-state index contributed by atoms with van der Waals surface area (Å²) in [4.78, 5) is 22.8. The molecular weight excluding hydrogens is 390 g/mol. The van der Waals surface area contributed by atoms with E-state index in [2.05, 4.69) is 31.3 Å². The molecule has 0 spiro atoms. The molecule has 1 heterocycles. The molecule has 0 aliphatic heterocycles. The molecule has 8 nitrogen and oxygen atoms in total. The molecule has 126 valence electrons. The quantitative estimate of drug-likeness (QED) is 0.393. The second-order valence-electron chi connectivity index (χ2n) is 5.15. The Hall–Kier alpha value is -3.07. The zero-order chi connectivity index (χ0) is 18.0. The lowest BCUT2D eigenvalue weighted by molar-refractivity contribution is -0.384. The zero-order valence-electron chi connectivity index (χ0n) is 13.0. The van der Waals surface area contributed by atoms with Crippen LogP contribution in [0.3, 0.4) is 0 Å². The van der Waals surface area contributed by atoms with E-state index in [1.165, 1.54) is 28.9 Å². The van der Waals surface area contributed by atoms with Gasteiger partial charge in [0.15, 0.2) is 5.69 Å². The summed E-state index contributed by atoms with van der Waals surface area (Å²) < 4.78 is 2.04. The van der Waals surface area contributed by atoms with E-state index >= 15 is 0 Å². The monoisotopic (exact) mass is 401 g/mol. The minimum atomic E-state index is -0.496. The first-order valence-corrected chi connectivity index (χ1v) is 7.99. The summed E-state index contributed by atoms with van der Waals surface area (Å²) in [5, 5.41) is 21.8. The Balaban J connectivity index is 1.97. The lowest BCUT2D eigenvalue weighted by Gasteiger charge is -2.00. The Labute approximate surface area is 150 Å². The molecule has 25 heavy (non-hydrogen) atoms. The van der Waals surface area contributed by atoms with Crippen LogP contribution in [-0.2, 0) is 0 Å². The summed E-state index contributed by atoms with van der Waals surface area (Å²) in [5.41, 5.74) is 1.36. The van der Waals surface area contributed by atoms with Crippen LogP contribution in [0.15, 0.2) is 68.0 Å². The fourth-order valence-corrected chi connectivity index (χ4v) is 2.56. The van der Waals surface area contributed by atoms with Crippen molar-refractivity contribution in [2.24, 2.45) is 10.2 Å². The number of nitrogens with one attached hydrogen (secondary N) is 1. The summed E-state index contributed by atoms with van der Waals surface area (Å²) in [6, 6.07) is 12.9. The predicted octanol–water partition coefficient (Wildman–Crippen LogP) is 4.56. The molecule has 0 amide bonds. The number of hydrogen-bond donors (Lipinski definition) is 1. The second-order valence-corrected chi connectivity index (χ2v) is 6.01. The number of aryl methyl sites for hydroxylation is 1. The zero-order valence-corrected chi connectivity index (χ0v) is 14.6. The molecule has 0 unspecified atom stereocenters. The van der Waals surface area contributed by atoms with Crippen LogP contribution in [-0.4, -0.2) is 14.7 Å². The summed E-state index contributed by atoms with van der Waals surface area (Å²) in [5.74, 6) is 0. The van der Waals surface area contributed by atoms with Crippen molar-refractivity contribution in [3.05, 3.63) is 79.2 Å². The molecule has 0 saturated heterocycles. The van der Waals surface area contributed by atoms with E-state index in [1.54, 1.807) is 13.0 Å². The van der Waals surface area contributed by atoms with E-state index in [4.69, 9.17) is 0 Å². The molecule has 1 N–H and O–H groups in total. The fourth-order valence-electron chi connectivity index (χ4n) is 2.20. The Morgan fingerprint density at radius 2 is 1.80 bits per heavy atom. The number of nitro benzene ring substituents is 1. The highest BCUT2D eigenvalue weighted by Gasteiger charge is 2.13. The van der Waals surface area contributed by atoms with Gasteiger partial charge in [0, 0.05) is 16.6 Å². The van der Waals surface area contributed by atoms with Gasteiger partial charge in [-0.25, -0.2) is 4.68 Å². The molecule has 0 saturated carbocycles. The number of halogens is 1. The highest BCUT2D eigenvalue weighted by Crippen LogP contribution is 2.26. The average molecular weight is 402 g/mol. The summed E-state index contributed by atoms with van der Waals surface area (Å²) >= 11 is 3.37. The van der Waals surface area contributed by atoms with Gasteiger partial charge in [-0.05, 0) is 47.1 Å². The van der Waals surface area contributed by atoms with Crippen LogP contribution < -0.4 is 5.56 Å². The summed E-state index contributed by atoms with van der Waals surface area (Å²) in [6.45, 7) is 1.71. The van der Waals surface area contributed by atoms with Crippen LogP contribution in [0.4, 0.5) is 17.1 Å². The van der Waals surface area contributed by atoms with Crippen molar-refractivity contribution in [3.8, 4) is 5.69 Å². The molecule has 3 rings (SSSR count). The number of aromatic nitrogens is 2. The van der Waals surface area contributed by atoms with Crippen LogP contribution in [0.25, 0.3) is 5.69 Å². The van der Waals surface area contributed by atoms with E-state index in [0.29, 0.717) is 17.1 Å². The lowest BCUT2D eigenvalue weighted by atomic mass is 10.3. The molecule has 3 aromatic rings. The van der Waals surface area contributed by atoms with Crippen molar-refractivity contribution < 1.29 is 4.92 Å². The van der Waals surface area contributed by atoms with Crippen LogP contribution in [0.5, 0.6) is 0 Å². The number of azo groups is 1. The van der Waals surface area contributed by atoms with Gasteiger partial charge >= 0.3 is 0 Å². The molecule has 1 aromatic heterocycles. The number of nitrogens with zero attached hydrogens (tertiary/aromatic N) is 4. The van der Waals surface area contributed by atoms with Gasteiger partial charge in [0.25, 0.3) is 11.2 Å². The number of hydrogen-bond acceptors (Lipinski definition) is 5. The number of H-pyrrole nitrogens is 1. The van der Waals surface area contributed by atoms with Crippen LogP contribution in [0, 0.1) is 17.0 Å². The topological polar surface area (TPSA) is 106 Å². The Bertz CT molecular complexity index is 1020. The number of benzene rings is 2. The highest BCUT2D eigenvalue weighted by molar-refractivity contribution is 9.10. The standard InChI is InChI=1S/C16H12BrN5O3/c1-10-15(19-18-14-5-3-2-4-13(14)17)16(23)21(20-10)11-6-8-12(9-7-11)22(24)25/h2-9,20H,1H3. The van der Waals surface area contributed by atoms with E-state index < -0.39 is 4.92 Å². The van der Waals surface area contributed by atoms with Gasteiger partial charge in [-0.1, -0.05) is 12.1 Å². The third kappa shape index (κ3) is 3.41. The number of aromatic amines is 1. The first-order valence-electron chi connectivity index (χ1n) is 7.20. The van der Waals surface area contributed by atoms with E-state index in [9.17, 15) is 14.9 Å². The molecule has 9 heteroatoms. The summed E-state index contributed by atoms with van der Waals surface area (Å²) in [6.07, 6.45) is 0. The van der Waals surface area contributed by atoms with Gasteiger partial charge in [0.2, 0.25) is 0 Å². The highest BCUT2D eigenvalue weighted by atomic mass is 79.9. The molecule has 0 aliphatic carbocycles. The lowest BCUT2D eigenvalue weighted by Crippen LogP contribution is -2.13. The minimum absolute atomic E-state index is 0.0473. The minimum Gasteiger partial charge on any atom is -0.293 e. The van der Waals surface area contributed by atoms with Gasteiger partial charge in [0.1, 0.15) is 0 Å². The Morgan fingerprint density at radius 3 is 2.44 bits per heavy atom. The van der Waals surface area contributed by atoms with Gasteiger partial charge in [-0.15, -0.1) is 10.2 Å². The van der Waals surface area contributed by atoms with Gasteiger partial charge in [0.05, 0.1) is 22.0 Å². The van der Waals surface area contributed by atoms with Crippen LogP contribution in [0.1, 0.15) is 5.69 Å². The molecular formula is C16H12BrN5O3. The Kier molecular flexibility index (Phi) is 4.57. The third-order valence-electron chi connectivity index (χ3n) is 3.47. The SMILES string of the molecule is Cc1[nH]n(-c2ccc([N+](=O)[O-])cc2)c(=O)c1N=Nc1ccccc1Br. The number of nitro groups is 1. The Morgan fingerprint density at radius 1 is 1.12 bits per heavy atom. The van der Waals surface area contributed by atoms with Gasteiger partial charge in [-0.2, -0.15) is 0 Å². The van der Waals surface area contributed by atoms with Crippen molar-refractivity contribution >= 4 is 33.0 Å². The second kappa shape index (κ2) is 6.81. The maximum absolute atomic E-state index is 12.5. The number of non-ortho nitro benzene ring substituents is 1.